The summed E-state index contributed by atoms with van der Waals surface area (Å²) in [5, 5.41) is 3.05. The van der Waals surface area contributed by atoms with Gasteiger partial charge in [0, 0.05) is 55.3 Å². The Morgan fingerprint density at radius 3 is 2.11 bits per heavy atom. The molecule has 2 fully saturated rings. The Morgan fingerprint density at radius 1 is 0.865 bits per heavy atom. The van der Waals surface area contributed by atoms with Crippen molar-refractivity contribution in [3.63, 3.8) is 0 Å². The van der Waals surface area contributed by atoms with Gasteiger partial charge >= 0.3 is 6.18 Å². The number of para-hydroxylation sites is 1. The van der Waals surface area contributed by atoms with Crippen LogP contribution in [-0.4, -0.2) is 49.4 Å². The average molecular weight is 508 g/mol. The number of hydrogen-bond acceptors (Lipinski definition) is 3. The van der Waals surface area contributed by atoms with Crippen LogP contribution >= 0.6 is 0 Å². The van der Waals surface area contributed by atoms with E-state index in [1.165, 1.54) is 12.1 Å². The predicted molar refractivity (Wildman–Crippen MR) is 135 cm³/mol. The lowest BCUT2D eigenvalue weighted by molar-refractivity contribution is -0.137. The first-order valence-corrected chi connectivity index (χ1v) is 12.3. The van der Waals surface area contributed by atoms with Crippen molar-refractivity contribution in [3.05, 3.63) is 102 Å². The highest BCUT2D eigenvalue weighted by Crippen LogP contribution is 2.45. The number of anilines is 1. The second-order valence-electron chi connectivity index (χ2n) is 9.97. The Labute approximate surface area is 213 Å². The molecular formula is C29H28F3N3O2. The zero-order valence-corrected chi connectivity index (χ0v) is 20.2. The van der Waals surface area contributed by atoms with Crippen LogP contribution in [0.15, 0.2) is 84.9 Å². The third kappa shape index (κ3) is 5.33. The standard InChI is InChI=1S/C29H28F3N3O2/c30-29(31,32)23-13-11-21(12-14-23)15-26(36)34-17-24(16-33-27(37)22-7-3-1-4-8-22)28(18-34)19-35(20-28)25-9-5-2-6-10-25/h1-14,24H,15-20H2,(H,33,37). The number of halogens is 3. The summed E-state index contributed by atoms with van der Waals surface area (Å²) in [4.78, 5) is 29.9. The molecule has 2 amide bonds. The Hall–Kier alpha value is -3.81. The summed E-state index contributed by atoms with van der Waals surface area (Å²) in [5.74, 6) is -0.199. The molecule has 2 heterocycles. The number of nitrogens with zero attached hydrogens (tertiary/aromatic N) is 2. The van der Waals surface area contributed by atoms with Crippen LogP contribution in [0.2, 0.25) is 0 Å². The second-order valence-corrected chi connectivity index (χ2v) is 9.97. The number of carbonyl (C=O) groups is 2. The second kappa shape index (κ2) is 9.92. The molecular weight excluding hydrogens is 479 g/mol. The van der Waals surface area contributed by atoms with E-state index in [1.807, 2.05) is 36.4 Å². The van der Waals surface area contributed by atoms with Gasteiger partial charge in [0.2, 0.25) is 5.91 Å². The number of rotatable bonds is 6. The van der Waals surface area contributed by atoms with Crippen molar-refractivity contribution in [2.45, 2.75) is 12.6 Å². The summed E-state index contributed by atoms with van der Waals surface area (Å²) in [6.45, 7) is 3.04. The highest BCUT2D eigenvalue weighted by Gasteiger charge is 2.55. The number of amides is 2. The molecule has 2 saturated heterocycles. The molecule has 0 saturated carbocycles. The normalized spacial score (nSPS) is 18.5. The van der Waals surface area contributed by atoms with Crippen molar-refractivity contribution in [1.82, 2.24) is 10.2 Å². The number of nitrogens with one attached hydrogen (secondary N) is 1. The molecule has 1 atom stereocenters. The van der Waals surface area contributed by atoms with Crippen molar-refractivity contribution in [2.24, 2.45) is 11.3 Å². The minimum atomic E-state index is -4.41. The topological polar surface area (TPSA) is 52.7 Å². The maximum atomic E-state index is 13.2. The van der Waals surface area contributed by atoms with E-state index in [4.69, 9.17) is 0 Å². The molecule has 1 spiro atoms. The van der Waals surface area contributed by atoms with E-state index in [2.05, 4.69) is 22.3 Å². The van der Waals surface area contributed by atoms with E-state index >= 15 is 0 Å². The van der Waals surface area contributed by atoms with Crippen molar-refractivity contribution in [1.29, 1.82) is 0 Å². The predicted octanol–water partition coefficient (Wildman–Crippen LogP) is 4.64. The molecule has 37 heavy (non-hydrogen) atoms. The summed E-state index contributed by atoms with van der Waals surface area (Å²) >= 11 is 0. The highest BCUT2D eigenvalue weighted by molar-refractivity contribution is 5.94. The Balaban J connectivity index is 1.27. The van der Waals surface area contributed by atoms with Gasteiger partial charge in [-0.05, 0) is 42.0 Å². The number of carbonyl (C=O) groups excluding carboxylic acids is 2. The maximum absolute atomic E-state index is 13.2. The molecule has 0 radical (unpaired) electrons. The first-order valence-electron chi connectivity index (χ1n) is 12.3. The molecule has 0 aliphatic carbocycles. The Kier molecular flexibility index (Phi) is 6.67. The van der Waals surface area contributed by atoms with Crippen LogP contribution < -0.4 is 10.2 Å². The van der Waals surface area contributed by atoms with E-state index in [1.54, 1.807) is 17.0 Å². The lowest BCUT2D eigenvalue weighted by Crippen LogP contribution is -2.62. The summed E-state index contributed by atoms with van der Waals surface area (Å²) in [6, 6.07) is 23.8. The zero-order valence-electron chi connectivity index (χ0n) is 20.2. The van der Waals surface area contributed by atoms with Crippen LogP contribution in [0.4, 0.5) is 18.9 Å². The fraction of sp³-hybridized carbons (Fsp3) is 0.310. The van der Waals surface area contributed by atoms with Crippen LogP contribution in [-0.2, 0) is 17.4 Å². The molecule has 1 unspecified atom stereocenters. The first kappa shape index (κ1) is 24.9. The molecule has 3 aromatic rings. The molecule has 0 bridgehead atoms. The molecule has 2 aliphatic rings. The van der Waals surface area contributed by atoms with E-state index in [9.17, 15) is 22.8 Å². The van der Waals surface area contributed by atoms with Gasteiger partial charge in [0.15, 0.2) is 0 Å². The Bertz CT molecular complexity index is 1240. The van der Waals surface area contributed by atoms with E-state index in [-0.39, 0.29) is 29.6 Å². The monoisotopic (exact) mass is 507 g/mol. The molecule has 1 N–H and O–H groups in total. The number of likely N-dealkylation sites (tertiary alicyclic amines) is 1. The van der Waals surface area contributed by atoms with Gasteiger partial charge in [-0.3, -0.25) is 9.59 Å². The van der Waals surface area contributed by atoms with Crippen LogP contribution in [0, 0.1) is 11.3 Å². The van der Waals surface area contributed by atoms with Crippen molar-refractivity contribution >= 4 is 17.5 Å². The van der Waals surface area contributed by atoms with Gasteiger partial charge in [0.05, 0.1) is 12.0 Å². The van der Waals surface area contributed by atoms with Gasteiger partial charge in [-0.15, -0.1) is 0 Å². The van der Waals surface area contributed by atoms with E-state index in [0.717, 1.165) is 30.9 Å². The van der Waals surface area contributed by atoms with Crippen molar-refractivity contribution < 1.29 is 22.8 Å². The summed E-state index contributed by atoms with van der Waals surface area (Å²) < 4.78 is 38.7. The van der Waals surface area contributed by atoms with Crippen molar-refractivity contribution in [3.8, 4) is 0 Å². The molecule has 5 rings (SSSR count). The maximum Gasteiger partial charge on any atom is 0.416 e. The molecule has 5 nitrogen and oxygen atoms in total. The minimum absolute atomic E-state index is 0.0414. The molecule has 0 aromatic heterocycles. The lowest BCUT2D eigenvalue weighted by atomic mass is 9.71. The Morgan fingerprint density at radius 2 is 1.49 bits per heavy atom. The van der Waals surface area contributed by atoms with Crippen molar-refractivity contribution in [2.75, 3.05) is 37.6 Å². The zero-order chi connectivity index (χ0) is 26.0. The molecule has 192 valence electrons. The van der Waals surface area contributed by atoms with Crippen LogP contribution in [0.25, 0.3) is 0 Å². The summed E-state index contributed by atoms with van der Waals surface area (Å²) in [7, 11) is 0. The summed E-state index contributed by atoms with van der Waals surface area (Å²) in [5.41, 5.74) is 1.37. The first-order chi connectivity index (χ1) is 17.7. The van der Waals surface area contributed by atoms with Crippen LogP contribution in [0.1, 0.15) is 21.5 Å². The smallest absolute Gasteiger partial charge is 0.370 e. The molecule has 3 aromatic carbocycles. The number of hydrogen-bond donors (Lipinski definition) is 1. The van der Waals surface area contributed by atoms with E-state index < -0.39 is 11.7 Å². The van der Waals surface area contributed by atoms with Gasteiger partial charge in [-0.1, -0.05) is 48.5 Å². The largest absolute Gasteiger partial charge is 0.416 e. The highest BCUT2D eigenvalue weighted by atomic mass is 19.4. The van der Waals surface area contributed by atoms with Gasteiger partial charge < -0.3 is 15.1 Å². The fourth-order valence-corrected chi connectivity index (χ4v) is 5.40. The average Bonchev–Trinajstić information content (AvgIpc) is 3.27. The third-order valence-corrected chi connectivity index (χ3v) is 7.48. The lowest BCUT2D eigenvalue weighted by Gasteiger charge is -2.52. The molecule has 8 heteroatoms. The SMILES string of the molecule is O=C(NCC1CN(C(=O)Cc2ccc(C(F)(F)F)cc2)CC12CN(c1ccccc1)C2)c1ccccc1. The van der Waals surface area contributed by atoms with Gasteiger partial charge in [-0.25, -0.2) is 0 Å². The number of benzene rings is 3. The van der Waals surface area contributed by atoms with Gasteiger partial charge in [0.1, 0.15) is 0 Å². The van der Waals surface area contributed by atoms with Crippen LogP contribution in [0.5, 0.6) is 0 Å². The van der Waals surface area contributed by atoms with Crippen LogP contribution in [0.3, 0.4) is 0 Å². The summed E-state index contributed by atoms with van der Waals surface area (Å²) in [6.07, 6.45) is -4.37. The fourth-order valence-electron chi connectivity index (χ4n) is 5.40. The van der Waals surface area contributed by atoms with Gasteiger partial charge in [0.25, 0.3) is 5.91 Å². The number of alkyl halides is 3. The van der Waals surface area contributed by atoms with E-state index in [0.29, 0.717) is 30.8 Å². The molecule has 2 aliphatic heterocycles. The quantitative estimate of drug-likeness (QED) is 0.529. The third-order valence-electron chi connectivity index (χ3n) is 7.48. The van der Waals surface area contributed by atoms with Gasteiger partial charge in [-0.2, -0.15) is 13.2 Å². The minimum Gasteiger partial charge on any atom is -0.370 e.